The number of nitrogens with one attached hydrogen (secondary N) is 9. The van der Waals surface area contributed by atoms with Crippen molar-refractivity contribution in [2.24, 2.45) is 17.4 Å². The van der Waals surface area contributed by atoms with Crippen molar-refractivity contribution in [2.75, 3.05) is 19.7 Å². The zero-order valence-electron chi connectivity index (χ0n) is 45.0. The van der Waals surface area contributed by atoms with E-state index >= 15 is 0 Å². The second kappa shape index (κ2) is 31.2. The summed E-state index contributed by atoms with van der Waals surface area (Å²) in [5.74, 6) is -10.6. The fraction of sp³-hybridized carbons (Fsp3) is 0.357. The molecule has 0 saturated carbocycles. The predicted octanol–water partition coefficient (Wildman–Crippen LogP) is -1.67. The summed E-state index contributed by atoms with van der Waals surface area (Å²) >= 11 is 0. The molecule has 0 radical (unpaired) electrons. The molecule has 0 aliphatic heterocycles. The number of fused-ring (bicyclic) bond motifs is 1. The van der Waals surface area contributed by atoms with Gasteiger partial charge in [0.25, 0.3) is 0 Å². The van der Waals surface area contributed by atoms with E-state index in [1.54, 1.807) is 56.4 Å². The largest absolute Gasteiger partial charge is 0.508 e. The van der Waals surface area contributed by atoms with Gasteiger partial charge in [-0.05, 0) is 96.3 Å². The molecule has 4 aromatic carbocycles. The summed E-state index contributed by atoms with van der Waals surface area (Å²) in [6, 6.07) is 13.7. The van der Waals surface area contributed by atoms with Crippen LogP contribution in [0.2, 0.25) is 0 Å². The summed E-state index contributed by atoms with van der Waals surface area (Å²) < 4.78 is 0. The fourth-order valence-electron chi connectivity index (χ4n) is 8.54. The van der Waals surface area contributed by atoms with Crippen molar-refractivity contribution in [3.8, 4) is 17.2 Å². The lowest BCUT2D eigenvalue weighted by Gasteiger charge is -2.27. The fourth-order valence-corrected chi connectivity index (χ4v) is 8.54. The van der Waals surface area contributed by atoms with Crippen LogP contribution in [0.1, 0.15) is 55.4 Å². The molecule has 18 N–H and O–H groups in total. The molecule has 0 aliphatic carbocycles. The molecule has 1 aromatic heterocycles. The summed E-state index contributed by atoms with van der Waals surface area (Å²) in [5, 5.41) is 62.1. The van der Waals surface area contributed by atoms with Gasteiger partial charge >= 0.3 is 0 Å². The highest BCUT2D eigenvalue weighted by molar-refractivity contribution is 6.41. The van der Waals surface area contributed by atoms with Gasteiger partial charge < -0.3 is 68.7 Å². The standard InChI is InChI=1S/C56H69N11O15/c1-30(2)21-45(66-61-27-47(72)50(75)43(67-82)23-32-9-15-36(70)16-10-32)56(81)64-44(24-33-11-17-37(71)18-12-33)55(80)63-41(19-20-48(58)73)54(79)65-46(29-68)52(77)51(76)42(25-34-26-59-40-6-4-3-5-38(34)40)62-49(74)28-60-53(78)39(57)22-31-7-13-35(69)14-8-31/h3-18,26,30,39,41-46,59,61,66-71,82H,19-25,27-29,57H2,1-2H3,(H2,58,73)(H,60,78)(H,62,74)(H,63,80)(H,64,81)(H,65,79)/t39-,41-,42-,43-,44-,45-,46-/m0/s1. The Morgan fingerprint density at radius 2 is 1.07 bits per heavy atom. The number of phenols is 3. The maximum atomic E-state index is 14.3. The number of benzene rings is 4. The minimum Gasteiger partial charge on any atom is -0.508 e. The van der Waals surface area contributed by atoms with Crippen molar-refractivity contribution in [1.29, 1.82) is 0 Å². The molecule has 0 spiro atoms. The van der Waals surface area contributed by atoms with Crippen LogP contribution in [0.5, 0.6) is 17.2 Å². The van der Waals surface area contributed by atoms with E-state index < -0.39 is 133 Å². The number of aromatic hydroxyl groups is 3. The third-order valence-corrected chi connectivity index (χ3v) is 13.0. The zero-order chi connectivity index (χ0) is 60.0. The van der Waals surface area contributed by atoms with Gasteiger partial charge in [-0.25, -0.2) is 10.9 Å². The molecule has 1 heterocycles. The molecule has 26 nitrogen and oxygen atoms in total. The monoisotopic (exact) mass is 1140 g/mol. The average Bonchev–Trinajstić information content (AvgIpc) is 3.91. The van der Waals surface area contributed by atoms with Gasteiger partial charge in [0.1, 0.15) is 47.5 Å². The number of H-pyrrole nitrogens is 1. The molecule has 5 aromatic rings. The van der Waals surface area contributed by atoms with E-state index in [0.29, 0.717) is 33.2 Å². The Morgan fingerprint density at radius 1 is 0.561 bits per heavy atom. The Hall–Kier alpha value is -8.92. The Morgan fingerprint density at radius 3 is 1.63 bits per heavy atom. The number of hydrazine groups is 1. The normalized spacial score (nSPS) is 13.8. The SMILES string of the molecule is CC(C)C[C@H](NNCC(=O)C(=O)[C@H](Cc1ccc(O)cc1)NO)C(=O)N[C@@H](Cc1ccc(O)cc1)C(=O)N[C@@H](CCC(N)=O)C(=O)N[C@@H](CO)C(=O)C(=O)[C@H](Cc1c[nH]c2ccccc12)NC(=O)CNC(=O)[C@@H](N)Cc1ccc(O)cc1. The lowest BCUT2D eigenvalue weighted by Crippen LogP contribution is -2.60. The predicted molar refractivity (Wildman–Crippen MR) is 295 cm³/mol. The summed E-state index contributed by atoms with van der Waals surface area (Å²) in [6.07, 6.45) is 0.0278. The molecule has 0 fully saturated rings. The summed E-state index contributed by atoms with van der Waals surface area (Å²) in [7, 11) is 0. The van der Waals surface area contributed by atoms with E-state index in [0.717, 1.165) is 0 Å². The maximum Gasteiger partial charge on any atom is 0.243 e. The minimum atomic E-state index is -2.00. The van der Waals surface area contributed by atoms with Crippen molar-refractivity contribution < 1.29 is 73.6 Å². The van der Waals surface area contributed by atoms with Crippen LogP contribution in [0.3, 0.4) is 0 Å². The number of nitrogens with two attached hydrogens (primary N) is 2. The number of hydrogen-bond donors (Lipinski definition) is 16. The van der Waals surface area contributed by atoms with Gasteiger partial charge in [-0.3, -0.25) is 47.9 Å². The molecule has 6 amide bonds. The van der Waals surface area contributed by atoms with E-state index in [4.69, 9.17) is 11.5 Å². The first-order valence-electron chi connectivity index (χ1n) is 26.1. The van der Waals surface area contributed by atoms with Crippen LogP contribution in [0.15, 0.2) is 103 Å². The molecule has 438 valence electrons. The first-order chi connectivity index (χ1) is 39.0. The van der Waals surface area contributed by atoms with E-state index in [1.807, 2.05) is 5.48 Å². The molecule has 82 heavy (non-hydrogen) atoms. The van der Waals surface area contributed by atoms with Crippen molar-refractivity contribution in [1.82, 2.24) is 47.9 Å². The number of rotatable bonds is 34. The third kappa shape index (κ3) is 19.7. The number of carbonyl (C=O) groups excluding carboxylic acids is 10. The zero-order valence-corrected chi connectivity index (χ0v) is 45.0. The average molecular weight is 1140 g/mol. The Balaban J connectivity index is 1.30. The number of hydrogen-bond acceptors (Lipinski definition) is 19. The molecule has 0 aliphatic rings. The topological polar surface area (TPSA) is 436 Å². The summed E-state index contributed by atoms with van der Waals surface area (Å²) in [4.78, 5) is 138. The van der Waals surface area contributed by atoms with Crippen LogP contribution in [0, 0.1) is 5.92 Å². The number of aliphatic hydroxyl groups excluding tert-OH is 1. The van der Waals surface area contributed by atoms with E-state index in [2.05, 4.69) is 42.4 Å². The Labute approximate surface area is 470 Å². The van der Waals surface area contributed by atoms with Crippen LogP contribution in [0.4, 0.5) is 0 Å². The highest BCUT2D eigenvalue weighted by Gasteiger charge is 2.36. The molecule has 0 saturated heterocycles. The van der Waals surface area contributed by atoms with Crippen LogP contribution < -0.4 is 54.4 Å². The van der Waals surface area contributed by atoms with Crippen LogP contribution in [-0.4, -0.2) is 151 Å². The van der Waals surface area contributed by atoms with Crippen molar-refractivity contribution in [2.45, 2.75) is 101 Å². The number of para-hydroxylation sites is 1. The van der Waals surface area contributed by atoms with Crippen LogP contribution >= 0.6 is 0 Å². The summed E-state index contributed by atoms with van der Waals surface area (Å²) in [5.41, 5.74) is 21.3. The Bertz CT molecular complexity index is 3040. The highest BCUT2D eigenvalue weighted by atomic mass is 16.5. The molecule has 0 unspecified atom stereocenters. The number of aromatic nitrogens is 1. The second-order valence-corrected chi connectivity index (χ2v) is 19.9. The number of phenolic OH excluding ortho intramolecular Hbond substituents is 3. The van der Waals surface area contributed by atoms with Crippen molar-refractivity contribution in [3.05, 3.63) is 126 Å². The second-order valence-electron chi connectivity index (χ2n) is 19.9. The first kappa shape index (κ1) is 63.9. The maximum absolute atomic E-state index is 14.3. The molecule has 7 atom stereocenters. The van der Waals surface area contributed by atoms with Crippen molar-refractivity contribution in [3.63, 3.8) is 0 Å². The van der Waals surface area contributed by atoms with E-state index in [9.17, 15) is 73.6 Å². The van der Waals surface area contributed by atoms with Gasteiger partial charge in [-0.2, -0.15) is 5.48 Å². The van der Waals surface area contributed by atoms with Gasteiger partial charge in [0.05, 0.1) is 31.8 Å². The van der Waals surface area contributed by atoms with E-state index in [1.165, 1.54) is 60.7 Å². The molecule has 0 bridgehead atoms. The molecular formula is C56H69N11O15. The van der Waals surface area contributed by atoms with Gasteiger partial charge in [0.2, 0.25) is 58.6 Å². The first-order valence-corrected chi connectivity index (χ1v) is 26.1. The van der Waals surface area contributed by atoms with Gasteiger partial charge in [-0.1, -0.05) is 68.4 Å². The van der Waals surface area contributed by atoms with Crippen LogP contribution in [-0.2, 0) is 73.6 Å². The number of aliphatic hydroxyl groups is 1. The number of Topliss-reactive ketones (excluding diaryl/α,β-unsaturated/α-hetero) is 4. The number of primary amides is 1. The van der Waals surface area contributed by atoms with Crippen molar-refractivity contribution >= 4 is 69.5 Å². The lowest BCUT2D eigenvalue weighted by molar-refractivity contribution is -0.142. The van der Waals surface area contributed by atoms with E-state index in [-0.39, 0.29) is 55.3 Å². The molecule has 26 heteroatoms. The van der Waals surface area contributed by atoms with Crippen LogP contribution in [0.25, 0.3) is 10.9 Å². The highest BCUT2D eigenvalue weighted by Crippen LogP contribution is 2.21. The third-order valence-electron chi connectivity index (χ3n) is 13.0. The number of hydroxylamine groups is 1. The lowest BCUT2D eigenvalue weighted by atomic mass is 9.96. The van der Waals surface area contributed by atoms with Gasteiger partial charge in [-0.15, -0.1) is 0 Å². The molecular weight excluding hydrogens is 1070 g/mol. The van der Waals surface area contributed by atoms with Gasteiger partial charge in [0.15, 0.2) is 0 Å². The minimum absolute atomic E-state index is 0.00642. The summed E-state index contributed by atoms with van der Waals surface area (Å²) in [6.45, 7) is 1.05. The number of carbonyl (C=O) groups is 10. The Kier molecular flexibility index (Phi) is 24.3. The quantitative estimate of drug-likeness (QED) is 0.0162. The smallest absolute Gasteiger partial charge is 0.243 e. The van der Waals surface area contributed by atoms with Gasteiger partial charge in [0, 0.05) is 36.4 Å². The molecule has 5 rings (SSSR count). The number of amides is 6. The number of aromatic amines is 1. The number of ketones is 4.